The van der Waals surface area contributed by atoms with Crippen molar-refractivity contribution in [1.29, 1.82) is 0 Å². The van der Waals surface area contributed by atoms with Crippen molar-refractivity contribution < 1.29 is 10.0 Å². The number of aryl methyl sites for hydroxylation is 2. The molecule has 0 atom stereocenters. The van der Waals surface area contributed by atoms with E-state index in [1.54, 1.807) is 12.1 Å². The van der Waals surface area contributed by atoms with Crippen molar-refractivity contribution in [1.82, 2.24) is 0 Å². The number of nitrogens with one attached hydrogen (secondary N) is 1. The van der Waals surface area contributed by atoms with Gasteiger partial charge in [-0.15, -0.1) is 11.3 Å². The minimum atomic E-state index is -0.197. The Kier molecular flexibility index (Phi) is 4.59. The molecule has 1 heterocycles. The molecule has 2 rings (SSSR count). The summed E-state index contributed by atoms with van der Waals surface area (Å²) in [7, 11) is 0. The molecular formula is C15H17N3O2S. The molecule has 2 aromatic rings. The average molecular weight is 303 g/mol. The Morgan fingerprint density at radius 3 is 2.76 bits per heavy atom. The van der Waals surface area contributed by atoms with Crippen LogP contribution in [0, 0.1) is 6.92 Å². The monoisotopic (exact) mass is 303 g/mol. The summed E-state index contributed by atoms with van der Waals surface area (Å²) in [5, 5.41) is 14.7. The Morgan fingerprint density at radius 1 is 1.38 bits per heavy atom. The summed E-state index contributed by atoms with van der Waals surface area (Å²) in [6, 6.07) is 9.12. The van der Waals surface area contributed by atoms with Crippen molar-refractivity contribution in [3.8, 4) is 0 Å². The SMILES string of the molecule is CCc1ccc(C(=O)Nc2cccc(C)c2/C(N)=N/O)s1. The number of hydrogen-bond donors (Lipinski definition) is 3. The lowest BCUT2D eigenvalue weighted by atomic mass is 10.1. The van der Waals surface area contributed by atoms with Crippen LogP contribution in [0.3, 0.4) is 0 Å². The Balaban J connectivity index is 2.31. The normalized spacial score (nSPS) is 11.4. The van der Waals surface area contributed by atoms with Crippen molar-refractivity contribution in [3.63, 3.8) is 0 Å². The van der Waals surface area contributed by atoms with Gasteiger partial charge in [-0.1, -0.05) is 24.2 Å². The molecule has 6 heteroatoms. The average Bonchev–Trinajstić information content (AvgIpc) is 2.96. The number of anilines is 1. The zero-order valence-electron chi connectivity index (χ0n) is 11.9. The Morgan fingerprint density at radius 2 is 2.14 bits per heavy atom. The number of rotatable bonds is 4. The number of amidine groups is 1. The van der Waals surface area contributed by atoms with Gasteiger partial charge in [-0.3, -0.25) is 4.79 Å². The lowest BCUT2D eigenvalue weighted by Crippen LogP contribution is -2.20. The van der Waals surface area contributed by atoms with Crippen LogP contribution in [-0.4, -0.2) is 17.0 Å². The van der Waals surface area contributed by atoms with Gasteiger partial charge in [0.25, 0.3) is 5.91 Å². The standard InChI is InChI=1S/C15H17N3O2S/c1-3-10-7-8-12(21-10)15(19)17-11-6-4-5-9(2)13(11)14(16)18-20/h4-8,20H,3H2,1-2H3,(H2,16,18)(H,17,19). The fourth-order valence-electron chi connectivity index (χ4n) is 2.04. The van der Waals surface area contributed by atoms with E-state index in [0.717, 1.165) is 16.9 Å². The molecule has 0 saturated heterocycles. The van der Waals surface area contributed by atoms with Crippen LogP contribution in [0.5, 0.6) is 0 Å². The molecule has 0 spiro atoms. The number of oxime groups is 1. The summed E-state index contributed by atoms with van der Waals surface area (Å²) in [5.74, 6) is -0.221. The number of thiophene rings is 1. The van der Waals surface area contributed by atoms with Crippen molar-refractivity contribution in [2.75, 3.05) is 5.32 Å². The molecular weight excluding hydrogens is 286 g/mol. The summed E-state index contributed by atoms with van der Waals surface area (Å²) in [4.78, 5) is 14.1. The number of carbonyl (C=O) groups is 1. The highest BCUT2D eigenvalue weighted by Gasteiger charge is 2.15. The second-order valence-electron chi connectivity index (χ2n) is 4.56. The molecule has 1 aromatic heterocycles. The lowest BCUT2D eigenvalue weighted by Gasteiger charge is -2.12. The molecule has 0 saturated carbocycles. The van der Waals surface area contributed by atoms with E-state index in [9.17, 15) is 4.79 Å². The third kappa shape index (κ3) is 3.22. The minimum Gasteiger partial charge on any atom is -0.409 e. The second kappa shape index (κ2) is 6.41. The summed E-state index contributed by atoms with van der Waals surface area (Å²) < 4.78 is 0. The summed E-state index contributed by atoms with van der Waals surface area (Å²) in [6.45, 7) is 3.88. The third-order valence-corrected chi connectivity index (χ3v) is 4.35. The van der Waals surface area contributed by atoms with Crippen LogP contribution in [0.15, 0.2) is 35.5 Å². The fourth-order valence-corrected chi connectivity index (χ4v) is 2.88. The van der Waals surface area contributed by atoms with Crippen LogP contribution >= 0.6 is 11.3 Å². The molecule has 0 aliphatic carbocycles. The Hall–Kier alpha value is -2.34. The van der Waals surface area contributed by atoms with E-state index >= 15 is 0 Å². The van der Waals surface area contributed by atoms with E-state index in [-0.39, 0.29) is 11.7 Å². The van der Waals surface area contributed by atoms with Gasteiger partial charge in [0.05, 0.1) is 10.6 Å². The molecule has 4 N–H and O–H groups in total. The van der Waals surface area contributed by atoms with Gasteiger partial charge in [0.1, 0.15) is 0 Å². The predicted molar refractivity (Wildman–Crippen MR) is 85.3 cm³/mol. The van der Waals surface area contributed by atoms with Crippen molar-refractivity contribution in [2.24, 2.45) is 10.9 Å². The van der Waals surface area contributed by atoms with Gasteiger partial charge in [0.2, 0.25) is 0 Å². The van der Waals surface area contributed by atoms with Crippen LogP contribution in [0.4, 0.5) is 5.69 Å². The van der Waals surface area contributed by atoms with Crippen LogP contribution in [0.1, 0.15) is 32.6 Å². The van der Waals surface area contributed by atoms with Gasteiger partial charge >= 0.3 is 0 Å². The van der Waals surface area contributed by atoms with E-state index in [1.807, 2.05) is 32.0 Å². The topological polar surface area (TPSA) is 87.7 Å². The Labute approximate surface area is 127 Å². The van der Waals surface area contributed by atoms with Crippen LogP contribution < -0.4 is 11.1 Å². The number of nitrogens with zero attached hydrogens (tertiary/aromatic N) is 1. The minimum absolute atomic E-state index is 0.0242. The summed E-state index contributed by atoms with van der Waals surface area (Å²) in [6.07, 6.45) is 0.901. The van der Waals surface area contributed by atoms with E-state index < -0.39 is 0 Å². The van der Waals surface area contributed by atoms with Crippen LogP contribution in [0.25, 0.3) is 0 Å². The zero-order chi connectivity index (χ0) is 15.4. The molecule has 0 bridgehead atoms. The second-order valence-corrected chi connectivity index (χ2v) is 5.72. The molecule has 1 amide bonds. The molecule has 0 radical (unpaired) electrons. The predicted octanol–water partition coefficient (Wildman–Crippen LogP) is 2.97. The fraction of sp³-hybridized carbons (Fsp3) is 0.200. The number of amides is 1. The molecule has 0 fully saturated rings. The number of hydrogen-bond acceptors (Lipinski definition) is 4. The third-order valence-electron chi connectivity index (χ3n) is 3.12. The van der Waals surface area contributed by atoms with Gasteiger partial charge in [-0.2, -0.15) is 0 Å². The molecule has 110 valence electrons. The first-order valence-corrected chi connectivity index (χ1v) is 7.36. The summed E-state index contributed by atoms with van der Waals surface area (Å²) in [5.41, 5.74) is 7.57. The van der Waals surface area contributed by atoms with Gasteiger partial charge in [-0.25, -0.2) is 0 Å². The first kappa shape index (κ1) is 15.1. The van der Waals surface area contributed by atoms with Crippen LogP contribution in [0.2, 0.25) is 0 Å². The van der Waals surface area contributed by atoms with Gasteiger partial charge in [0.15, 0.2) is 5.84 Å². The molecule has 0 aliphatic heterocycles. The summed E-state index contributed by atoms with van der Waals surface area (Å²) >= 11 is 1.46. The first-order chi connectivity index (χ1) is 10.1. The maximum absolute atomic E-state index is 12.3. The van der Waals surface area contributed by atoms with Crippen molar-refractivity contribution >= 4 is 28.8 Å². The molecule has 0 aliphatic rings. The number of nitrogens with two attached hydrogens (primary N) is 1. The van der Waals surface area contributed by atoms with E-state index in [2.05, 4.69) is 10.5 Å². The van der Waals surface area contributed by atoms with Crippen molar-refractivity contribution in [2.45, 2.75) is 20.3 Å². The maximum Gasteiger partial charge on any atom is 0.265 e. The highest BCUT2D eigenvalue weighted by Crippen LogP contribution is 2.22. The molecule has 21 heavy (non-hydrogen) atoms. The first-order valence-electron chi connectivity index (χ1n) is 6.54. The van der Waals surface area contributed by atoms with Gasteiger partial charge < -0.3 is 16.3 Å². The smallest absolute Gasteiger partial charge is 0.265 e. The van der Waals surface area contributed by atoms with Gasteiger partial charge in [0, 0.05) is 10.4 Å². The largest absolute Gasteiger partial charge is 0.409 e. The number of benzene rings is 1. The quantitative estimate of drug-likeness (QED) is 0.351. The molecule has 0 unspecified atom stereocenters. The number of carbonyl (C=O) groups excluding carboxylic acids is 1. The van der Waals surface area contributed by atoms with E-state index in [4.69, 9.17) is 10.9 Å². The Bertz CT molecular complexity index is 692. The maximum atomic E-state index is 12.3. The van der Waals surface area contributed by atoms with E-state index in [1.165, 1.54) is 11.3 Å². The zero-order valence-corrected chi connectivity index (χ0v) is 12.7. The molecule has 1 aromatic carbocycles. The van der Waals surface area contributed by atoms with E-state index in [0.29, 0.717) is 16.1 Å². The van der Waals surface area contributed by atoms with Crippen molar-refractivity contribution in [3.05, 3.63) is 51.2 Å². The highest BCUT2D eigenvalue weighted by molar-refractivity contribution is 7.14. The lowest BCUT2D eigenvalue weighted by molar-refractivity contribution is 0.103. The highest BCUT2D eigenvalue weighted by atomic mass is 32.1. The van der Waals surface area contributed by atoms with Crippen LogP contribution in [-0.2, 0) is 6.42 Å². The molecule has 5 nitrogen and oxygen atoms in total. The van der Waals surface area contributed by atoms with Gasteiger partial charge in [-0.05, 0) is 37.1 Å².